The first-order chi connectivity index (χ1) is 12.3. The third kappa shape index (κ3) is 4.05. The van der Waals surface area contributed by atoms with Crippen LogP contribution >= 0.6 is 0 Å². The lowest BCUT2D eigenvalue weighted by molar-refractivity contribution is -0.136. The number of carbonyl (C=O) groups is 1. The number of likely N-dealkylation sites (tertiary alicyclic amines) is 1. The molecule has 5 heteroatoms. The minimum atomic E-state index is 0.0533. The SMILES string of the molecule is O=C(C[C@H]1CNCCO1)N1CCC(N2CCc3ccccc3C2)CC1. The van der Waals surface area contributed by atoms with Crippen LogP contribution in [0.25, 0.3) is 0 Å². The van der Waals surface area contributed by atoms with Gasteiger partial charge in [-0.25, -0.2) is 0 Å². The van der Waals surface area contributed by atoms with Gasteiger partial charge in [-0.05, 0) is 30.4 Å². The Balaban J connectivity index is 1.26. The number of carbonyl (C=O) groups excluding carboxylic acids is 1. The molecule has 3 heterocycles. The molecule has 0 spiro atoms. The van der Waals surface area contributed by atoms with Gasteiger partial charge in [0.15, 0.2) is 0 Å². The Bertz CT molecular complexity index is 592. The van der Waals surface area contributed by atoms with Gasteiger partial charge in [0.2, 0.25) is 5.91 Å². The highest BCUT2D eigenvalue weighted by molar-refractivity contribution is 5.76. The number of piperidine rings is 1. The summed E-state index contributed by atoms with van der Waals surface area (Å²) in [5.41, 5.74) is 2.99. The lowest BCUT2D eigenvalue weighted by atomic mass is 9.95. The van der Waals surface area contributed by atoms with E-state index in [2.05, 4.69) is 34.5 Å². The van der Waals surface area contributed by atoms with Crippen LogP contribution in [0.3, 0.4) is 0 Å². The summed E-state index contributed by atoms with van der Waals surface area (Å²) in [6, 6.07) is 9.43. The average Bonchev–Trinajstić information content (AvgIpc) is 2.68. The molecule has 0 saturated carbocycles. The van der Waals surface area contributed by atoms with Crippen LogP contribution in [0.15, 0.2) is 24.3 Å². The first kappa shape index (κ1) is 17.0. The van der Waals surface area contributed by atoms with E-state index in [1.165, 1.54) is 11.1 Å². The van der Waals surface area contributed by atoms with Gasteiger partial charge < -0.3 is 15.0 Å². The molecule has 3 aliphatic rings. The number of amides is 1. The molecule has 1 aromatic rings. The molecule has 2 saturated heterocycles. The summed E-state index contributed by atoms with van der Waals surface area (Å²) in [7, 11) is 0. The van der Waals surface area contributed by atoms with Gasteiger partial charge in [-0.3, -0.25) is 9.69 Å². The van der Waals surface area contributed by atoms with Crippen LogP contribution in [0.5, 0.6) is 0 Å². The number of fused-ring (bicyclic) bond motifs is 1. The summed E-state index contributed by atoms with van der Waals surface area (Å²) in [6.45, 7) is 6.41. The van der Waals surface area contributed by atoms with Crippen molar-refractivity contribution in [2.24, 2.45) is 0 Å². The quantitative estimate of drug-likeness (QED) is 0.901. The molecule has 0 aliphatic carbocycles. The summed E-state index contributed by atoms with van der Waals surface area (Å²) < 4.78 is 5.67. The molecule has 0 aromatic heterocycles. The predicted octanol–water partition coefficient (Wildman–Crippen LogP) is 1.41. The Morgan fingerprint density at radius 1 is 1.16 bits per heavy atom. The number of hydrogen-bond acceptors (Lipinski definition) is 4. The van der Waals surface area contributed by atoms with E-state index in [0.29, 0.717) is 12.5 Å². The molecule has 5 nitrogen and oxygen atoms in total. The predicted molar refractivity (Wildman–Crippen MR) is 97.4 cm³/mol. The average molecular weight is 343 g/mol. The molecular weight excluding hydrogens is 314 g/mol. The van der Waals surface area contributed by atoms with Crippen molar-refractivity contribution < 1.29 is 9.53 Å². The van der Waals surface area contributed by atoms with Crippen molar-refractivity contribution in [3.05, 3.63) is 35.4 Å². The van der Waals surface area contributed by atoms with Gasteiger partial charge in [-0.2, -0.15) is 0 Å². The zero-order valence-electron chi connectivity index (χ0n) is 15.0. The molecule has 0 radical (unpaired) electrons. The van der Waals surface area contributed by atoms with Gasteiger partial charge in [0.25, 0.3) is 0 Å². The van der Waals surface area contributed by atoms with Crippen molar-refractivity contribution in [2.75, 3.05) is 39.3 Å². The van der Waals surface area contributed by atoms with Gasteiger partial charge in [-0.15, -0.1) is 0 Å². The molecule has 25 heavy (non-hydrogen) atoms. The fourth-order valence-corrected chi connectivity index (χ4v) is 4.38. The van der Waals surface area contributed by atoms with E-state index >= 15 is 0 Å². The minimum absolute atomic E-state index is 0.0533. The Hall–Kier alpha value is -1.43. The second-order valence-electron chi connectivity index (χ2n) is 7.50. The van der Waals surface area contributed by atoms with E-state index in [-0.39, 0.29) is 12.0 Å². The van der Waals surface area contributed by atoms with Crippen molar-refractivity contribution in [1.29, 1.82) is 0 Å². The second-order valence-corrected chi connectivity index (χ2v) is 7.50. The first-order valence-corrected chi connectivity index (χ1v) is 9.70. The van der Waals surface area contributed by atoms with Crippen molar-refractivity contribution in [1.82, 2.24) is 15.1 Å². The van der Waals surface area contributed by atoms with E-state index in [1.807, 2.05) is 4.90 Å². The maximum atomic E-state index is 12.5. The van der Waals surface area contributed by atoms with Crippen LogP contribution in [-0.4, -0.2) is 67.2 Å². The van der Waals surface area contributed by atoms with Crippen molar-refractivity contribution in [2.45, 2.75) is 44.4 Å². The maximum absolute atomic E-state index is 12.5. The number of hydrogen-bond donors (Lipinski definition) is 1. The highest BCUT2D eigenvalue weighted by atomic mass is 16.5. The summed E-state index contributed by atoms with van der Waals surface area (Å²) in [6.07, 6.45) is 3.92. The summed E-state index contributed by atoms with van der Waals surface area (Å²) in [5.74, 6) is 0.260. The Kier molecular flexibility index (Phi) is 5.34. The van der Waals surface area contributed by atoms with Gasteiger partial charge in [0.1, 0.15) is 0 Å². The molecule has 0 unspecified atom stereocenters. The van der Waals surface area contributed by atoms with E-state index < -0.39 is 0 Å². The Labute approximate surface area is 150 Å². The van der Waals surface area contributed by atoms with Gasteiger partial charge >= 0.3 is 0 Å². The fraction of sp³-hybridized carbons (Fsp3) is 0.650. The number of nitrogens with zero attached hydrogens (tertiary/aromatic N) is 2. The molecule has 3 aliphatic heterocycles. The summed E-state index contributed by atoms with van der Waals surface area (Å²) >= 11 is 0. The number of ether oxygens (including phenoxy) is 1. The zero-order valence-corrected chi connectivity index (χ0v) is 15.0. The molecule has 1 amide bonds. The van der Waals surface area contributed by atoms with E-state index in [0.717, 1.165) is 65.1 Å². The standard InChI is InChI=1S/C20H29N3O2/c24-20(13-19-14-21-8-12-25-19)22-10-6-18(7-11-22)23-9-5-16-3-1-2-4-17(16)15-23/h1-4,18-19,21H,5-15H2/t19-/m0/s1. The molecule has 136 valence electrons. The van der Waals surface area contributed by atoms with E-state index in [9.17, 15) is 4.79 Å². The molecule has 1 N–H and O–H groups in total. The molecule has 1 atom stereocenters. The highest BCUT2D eigenvalue weighted by Crippen LogP contribution is 2.25. The van der Waals surface area contributed by atoms with Crippen LogP contribution in [0.1, 0.15) is 30.4 Å². The Morgan fingerprint density at radius 2 is 1.96 bits per heavy atom. The topological polar surface area (TPSA) is 44.8 Å². The number of morpholine rings is 1. The Morgan fingerprint density at radius 3 is 2.72 bits per heavy atom. The van der Waals surface area contributed by atoms with Crippen LogP contribution in [-0.2, 0) is 22.5 Å². The zero-order chi connectivity index (χ0) is 17.1. The molecular formula is C20H29N3O2. The van der Waals surface area contributed by atoms with E-state index in [1.54, 1.807) is 0 Å². The maximum Gasteiger partial charge on any atom is 0.225 e. The van der Waals surface area contributed by atoms with Crippen molar-refractivity contribution in [3.63, 3.8) is 0 Å². The summed E-state index contributed by atoms with van der Waals surface area (Å²) in [4.78, 5) is 17.2. The monoisotopic (exact) mass is 343 g/mol. The molecule has 4 rings (SSSR count). The lowest BCUT2D eigenvalue weighted by Crippen LogP contribution is -2.49. The molecule has 1 aromatic carbocycles. The second kappa shape index (κ2) is 7.85. The van der Waals surface area contributed by atoms with Crippen molar-refractivity contribution >= 4 is 5.91 Å². The highest BCUT2D eigenvalue weighted by Gasteiger charge is 2.30. The van der Waals surface area contributed by atoms with Crippen LogP contribution in [0, 0.1) is 0 Å². The smallest absolute Gasteiger partial charge is 0.225 e. The minimum Gasteiger partial charge on any atom is -0.375 e. The van der Waals surface area contributed by atoms with Crippen LogP contribution in [0.4, 0.5) is 0 Å². The molecule has 0 bridgehead atoms. The number of rotatable bonds is 3. The fourth-order valence-electron chi connectivity index (χ4n) is 4.38. The first-order valence-electron chi connectivity index (χ1n) is 9.70. The van der Waals surface area contributed by atoms with Gasteiger partial charge in [0.05, 0.1) is 19.1 Å². The van der Waals surface area contributed by atoms with Crippen molar-refractivity contribution in [3.8, 4) is 0 Å². The normalized spacial score (nSPS) is 25.6. The van der Waals surface area contributed by atoms with E-state index in [4.69, 9.17) is 4.74 Å². The lowest BCUT2D eigenvalue weighted by Gasteiger charge is -2.41. The number of nitrogens with one attached hydrogen (secondary N) is 1. The van der Waals surface area contributed by atoms with Gasteiger partial charge in [-0.1, -0.05) is 24.3 Å². The summed E-state index contributed by atoms with van der Waals surface area (Å²) in [5, 5.41) is 3.30. The van der Waals surface area contributed by atoms with Crippen LogP contribution in [0.2, 0.25) is 0 Å². The van der Waals surface area contributed by atoms with Gasteiger partial charge in [0, 0.05) is 45.3 Å². The largest absolute Gasteiger partial charge is 0.375 e. The molecule has 2 fully saturated rings. The number of benzene rings is 1. The third-order valence-electron chi connectivity index (χ3n) is 5.90. The van der Waals surface area contributed by atoms with Crippen LogP contribution < -0.4 is 5.32 Å². The third-order valence-corrected chi connectivity index (χ3v) is 5.90.